The average molecular weight is 469 g/mol. The molecule has 182 valence electrons. The van der Waals surface area contributed by atoms with Crippen molar-refractivity contribution in [1.29, 1.82) is 5.26 Å². The maximum Gasteiger partial charge on any atom is 0.168 e. The molecule has 0 radical (unpaired) electrons. The molecule has 0 aliphatic heterocycles. The van der Waals surface area contributed by atoms with Gasteiger partial charge in [-0.3, -0.25) is 0 Å². The van der Waals surface area contributed by atoms with Gasteiger partial charge < -0.3 is 20.2 Å². The van der Waals surface area contributed by atoms with Crippen molar-refractivity contribution in [3.8, 4) is 17.6 Å². The van der Waals surface area contributed by atoms with Gasteiger partial charge in [-0.1, -0.05) is 14.9 Å². The number of aromatic amines is 1. The molecular weight excluding hydrogens is 436 g/mol. The Morgan fingerprint density at radius 1 is 0.882 bits per heavy atom. The lowest BCUT2D eigenvalue weighted by Gasteiger charge is -2.08. The highest BCUT2D eigenvalue weighted by molar-refractivity contribution is 5.46. The van der Waals surface area contributed by atoms with Crippen molar-refractivity contribution < 1.29 is 9.47 Å². The number of H-pyrrole nitrogens is 1. The Bertz CT molecular complexity index is 917. The number of rotatable bonds is 4. The van der Waals surface area contributed by atoms with Crippen LogP contribution in [0.5, 0.6) is 0 Å². The summed E-state index contributed by atoms with van der Waals surface area (Å²) in [5, 5.41) is 29.8. The summed E-state index contributed by atoms with van der Waals surface area (Å²) in [6.07, 6.45) is 9.64. The fraction of sp³-hybridized carbons (Fsp3) is 0.273. The Labute approximate surface area is 200 Å². The summed E-state index contributed by atoms with van der Waals surface area (Å²) in [5.41, 5.74) is 6.26. The highest BCUT2D eigenvalue weighted by atomic mass is 16.7. The second-order valence-electron chi connectivity index (χ2n) is 5.32. The third-order valence-corrected chi connectivity index (χ3v) is 3.20. The van der Waals surface area contributed by atoms with E-state index in [1.54, 1.807) is 57.3 Å². The van der Waals surface area contributed by atoms with Crippen LogP contribution in [0, 0.1) is 11.3 Å². The van der Waals surface area contributed by atoms with E-state index < -0.39 is 0 Å². The van der Waals surface area contributed by atoms with E-state index in [-0.39, 0.29) is 21.1 Å². The van der Waals surface area contributed by atoms with E-state index in [4.69, 9.17) is 20.5 Å². The van der Waals surface area contributed by atoms with Crippen LogP contribution in [0.1, 0.15) is 20.5 Å². The number of hydrogen-bond donors (Lipinski definition) is 2. The molecule has 0 aliphatic rings. The molecule has 0 saturated heterocycles. The number of imidazole rings is 1. The van der Waals surface area contributed by atoms with Crippen molar-refractivity contribution in [1.82, 2.24) is 40.6 Å². The molecule has 0 bridgehead atoms. The molecule has 34 heavy (non-hydrogen) atoms. The number of nitrogens with zero attached hydrogens (tertiary/aromatic N) is 8. The first-order valence-electron chi connectivity index (χ1n) is 9.17. The van der Waals surface area contributed by atoms with Gasteiger partial charge >= 0.3 is 0 Å². The van der Waals surface area contributed by atoms with E-state index in [1.807, 2.05) is 30.3 Å². The van der Waals surface area contributed by atoms with E-state index in [1.165, 1.54) is 6.20 Å². The predicted molar refractivity (Wildman–Crippen MR) is 129 cm³/mol. The topological polar surface area (TPSA) is 174 Å². The number of nitrogens with one attached hydrogen (secondary N) is 1. The number of hydrogen-bond acceptors (Lipinski definition) is 11. The van der Waals surface area contributed by atoms with Gasteiger partial charge in [0.25, 0.3) is 0 Å². The largest absolute Gasteiger partial charge is 0.355 e. The minimum atomic E-state index is -0.236. The summed E-state index contributed by atoms with van der Waals surface area (Å²) in [7, 11) is 3.11. The van der Waals surface area contributed by atoms with E-state index in [9.17, 15) is 0 Å². The molecular formula is C22H32N10O2. The minimum absolute atomic E-state index is 0. The first-order valence-corrected chi connectivity index (χ1v) is 9.17. The van der Waals surface area contributed by atoms with E-state index >= 15 is 0 Å². The molecule has 0 unspecified atom stereocenters. The molecule has 0 aromatic carbocycles. The summed E-state index contributed by atoms with van der Waals surface area (Å²) in [5.74, 6) is 0.748. The van der Waals surface area contributed by atoms with Crippen LogP contribution in [0.25, 0.3) is 11.5 Å². The first-order chi connectivity index (χ1) is 15.7. The molecule has 4 rings (SSSR count). The van der Waals surface area contributed by atoms with Crippen LogP contribution in [-0.4, -0.2) is 67.6 Å². The van der Waals surface area contributed by atoms with Gasteiger partial charge in [0.15, 0.2) is 17.8 Å². The molecule has 12 heteroatoms. The Morgan fingerprint density at radius 3 is 1.76 bits per heavy atom. The van der Waals surface area contributed by atoms with Gasteiger partial charge in [-0.2, -0.15) is 25.7 Å². The molecule has 0 aliphatic carbocycles. The van der Waals surface area contributed by atoms with Gasteiger partial charge in [-0.05, 0) is 36.4 Å². The van der Waals surface area contributed by atoms with Crippen LogP contribution in [-0.2, 0) is 9.47 Å². The average Bonchev–Trinajstić information content (AvgIpc) is 3.44. The lowest BCUT2D eigenvalue weighted by atomic mass is 10.4. The SMILES string of the molecule is C.C.COC(CN)OC.N#Cc1cccnn1.c1ccnnc1.c1cnnc(-c2ncc[nH]2)c1. The fourth-order valence-corrected chi connectivity index (χ4v) is 1.74. The quantitative estimate of drug-likeness (QED) is 0.421. The van der Waals surface area contributed by atoms with Crippen LogP contribution < -0.4 is 5.73 Å². The van der Waals surface area contributed by atoms with Crippen LogP contribution in [0.4, 0.5) is 0 Å². The monoisotopic (exact) mass is 468 g/mol. The zero-order chi connectivity index (χ0) is 23.3. The van der Waals surface area contributed by atoms with Crippen LogP contribution in [0.15, 0.2) is 73.6 Å². The smallest absolute Gasteiger partial charge is 0.168 e. The molecule has 4 aromatic rings. The summed E-state index contributed by atoms with van der Waals surface area (Å²) >= 11 is 0. The van der Waals surface area contributed by atoms with Crippen molar-refractivity contribution in [3.05, 3.63) is 79.3 Å². The maximum atomic E-state index is 8.19. The Balaban J connectivity index is 0. The van der Waals surface area contributed by atoms with E-state index in [0.717, 1.165) is 11.5 Å². The number of nitriles is 1. The van der Waals surface area contributed by atoms with Crippen molar-refractivity contribution in [2.45, 2.75) is 21.1 Å². The summed E-state index contributed by atoms with van der Waals surface area (Å²) in [4.78, 5) is 6.97. The normalized spacial score (nSPS) is 8.56. The highest BCUT2D eigenvalue weighted by Gasteiger charge is 1.98. The van der Waals surface area contributed by atoms with Gasteiger partial charge in [0.2, 0.25) is 0 Å². The van der Waals surface area contributed by atoms with E-state index in [2.05, 4.69) is 40.6 Å². The van der Waals surface area contributed by atoms with Gasteiger partial charge in [-0.25, -0.2) is 4.98 Å². The Hall–Kier alpha value is -4.18. The summed E-state index contributed by atoms with van der Waals surface area (Å²) < 4.78 is 9.40. The van der Waals surface area contributed by atoms with Crippen LogP contribution >= 0.6 is 0 Å². The third-order valence-electron chi connectivity index (χ3n) is 3.20. The van der Waals surface area contributed by atoms with Gasteiger partial charge in [0.1, 0.15) is 11.8 Å². The number of nitrogens with two attached hydrogens (primary N) is 1. The van der Waals surface area contributed by atoms with Crippen molar-refractivity contribution in [2.75, 3.05) is 20.8 Å². The number of methoxy groups -OCH3 is 2. The molecule has 3 N–H and O–H groups in total. The fourth-order valence-electron chi connectivity index (χ4n) is 1.74. The third kappa shape index (κ3) is 14.8. The zero-order valence-electron chi connectivity index (χ0n) is 17.7. The summed E-state index contributed by atoms with van der Waals surface area (Å²) in [6, 6.07) is 12.5. The second kappa shape index (κ2) is 22.0. The summed E-state index contributed by atoms with van der Waals surface area (Å²) in [6.45, 7) is 0.410. The predicted octanol–water partition coefficient (Wildman–Crippen LogP) is 2.53. The first kappa shape index (κ1) is 32.0. The highest BCUT2D eigenvalue weighted by Crippen LogP contribution is 2.07. The van der Waals surface area contributed by atoms with Crippen molar-refractivity contribution >= 4 is 0 Å². The molecule has 0 spiro atoms. The number of aromatic nitrogens is 8. The molecule has 0 amide bonds. The van der Waals surface area contributed by atoms with Gasteiger partial charge in [-0.15, -0.1) is 10.2 Å². The van der Waals surface area contributed by atoms with Gasteiger partial charge in [0.05, 0.1) is 0 Å². The molecule has 0 fully saturated rings. The minimum Gasteiger partial charge on any atom is -0.355 e. The molecule has 4 aromatic heterocycles. The molecule has 4 heterocycles. The zero-order valence-corrected chi connectivity index (χ0v) is 17.7. The standard InChI is InChI=1S/C7H6N4.C5H3N3.C4H4N2.C4H11NO2.2CH4/c1-2-6(11-10-3-1)7-8-4-5-9-7;6-4-5-2-1-3-7-8-5;1-2-4-6-5-3-1;1-6-4(3-5)7-2;;/h1-5H,(H,8,9);1-3H;1-4H;4H,3,5H2,1-2H3;2*1H4. The lowest BCUT2D eigenvalue weighted by Crippen LogP contribution is -2.23. The molecule has 0 saturated carbocycles. The van der Waals surface area contributed by atoms with E-state index in [0.29, 0.717) is 12.2 Å². The van der Waals surface area contributed by atoms with Crippen molar-refractivity contribution in [2.24, 2.45) is 5.73 Å². The van der Waals surface area contributed by atoms with Crippen LogP contribution in [0.3, 0.4) is 0 Å². The van der Waals surface area contributed by atoms with Gasteiger partial charge in [0, 0.05) is 57.9 Å². The van der Waals surface area contributed by atoms with Crippen molar-refractivity contribution in [3.63, 3.8) is 0 Å². The van der Waals surface area contributed by atoms with Crippen LogP contribution in [0.2, 0.25) is 0 Å². The maximum absolute atomic E-state index is 8.19. The molecule has 12 nitrogen and oxygen atoms in total. The lowest BCUT2D eigenvalue weighted by molar-refractivity contribution is -0.0940. The Morgan fingerprint density at radius 2 is 1.47 bits per heavy atom. The number of ether oxygens (including phenoxy) is 2. The second-order valence-corrected chi connectivity index (χ2v) is 5.32. The Kier molecular flexibility index (Phi) is 20.7. The molecule has 0 atom stereocenters.